The average Bonchev–Trinajstić information content (AvgIpc) is 3.34. The number of esters is 1. The molecule has 0 saturated carbocycles. The number of rotatable bonds is 7. The summed E-state index contributed by atoms with van der Waals surface area (Å²) in [4.78, 5) is 17.6. The minimum Gasteiger partial charge on any atom is -0.493 e. The first-order valence-corrected chi connectivity index (χ1v) is 9.54. The molecule has 0 radical (unpaired) electrons. The monoisotopic (exact) mass is 419 g/mol. The van der Waals surface area contributed by atoms with Gasteiger partial charge in [0, 0.05) is 10.9 Å². The Bertz CT molecular complexity index is 1190. The van der Waals surface area contributed by atoms with Crippen molar-refractivity contribution in [2.24, 2.45) is 0 Å². The van der Waals surface area contributed by atoms with Crippen LogP contribution in [0.15, 0.2) is 65.3 Å². The Labute approximate surface area is 179 Å². The molecule has 7 nitrogen and oxygen atoms in total. The number of para-hydroxylation sites is 1. The van der Waals surface area contributed by atoms with Gasteiger partial charge in [-0.15, -0.1) is 0 Å². The molecule has 0 aliphatic heterocycles. The van der Waals surface area contributed by atoms with E-state index in [1.165, 1.54) is 6.26 Å². The second-order valence-corrected chi connectivity index (χ2v) is 6.64. The fourth-order valence-corrected chi connectivity index (χ4v) is 3.33. The van der Waals surface area contributed by atoms with Gasteiger partial charge in [0.05, 0.1) is 44.4 Å². The van der Waals surface area contributed by atoms with E-state index < -0.39 is 5.97 Å². The van der Waals surface area contributed by atoms with E-state index >= 15 is 0 Å². The Balaban J connectivity index is 1.80. The molecule has 0 aliphatic rings. The van der Waals surface area contributed by atoms with E-state index in [9.17, 15) is 4.79 Å². The number of aromatic nitrogens is 1. The van der Waals surface area contributed by atoms with Crippen molar-refractivity contribution < 1.29 is 28.2 Å². The van der Waals surface area contributed by atoms with Crippen molar-refractivity contribution in [1.29, 1.82) is 0 Å². The summed E-state index contributed by atoms with van der Waals surface area (Å²) in [6, 6.07) is 16.2. The number of carbonyl (C=O) groups is 1. The molecule has 31 heavy (non-hydrogen) atoms. The Morgan fingerprint density at radius 1 is 0.935 bits per heavy atom. The first-order valence-electron chi connectivity index (χ1n) is 9.54. The van der Waals surface area contributed by atoms with Crippen molar-refractivity contribution in [3.05, 3.63) is 72.2 Å². The van der Waals surface area contributed by atoms with Crippen LogP contribution in [-0.2, 0) is 11.3 Å². The molecular formula is C24H21NO6. The minimum absolute atomic E-state index is 0.0436. The number of nitrogens with zero attached hydrogens (tertiary/aromatic N) is 1. The van der Waals surface area contributed by atoms with Crippen molar-refractivity contribution in [3.63, 3.8) is 0 Å². The summed E-state index contributed by atoms with van der Waals surface area (Å²) >= 11 is 0. The molecule has 0 fully saturated rings. The second-order valence-electron chi connectivity index (χ2n) is 6.64. The molecule has 158 valence electrons. The third-order valence-corrected chi connectivity index (χ3v) is 4.82. The topological polar surface area (TPSA) is 80.0 Å². The standard InChI is InChI=1S/C24H21NO6/c1-27-21-11-15(12-22(28-2)23(21)29-3)20-13-18(17-8-4-5-9-19(17)25-20)24(26)31-14-16-7-6-10-30-16/h4-13H,14H2,1-3H3. The van der Waals surface area contributed by atoms with Crippen molar-refractivity contribution >= 4 is 16.9 Å². The van der Waals surface area contributed by atoms with Gasteiger partial charge in [-0.25, -0.2) is 9.78 Å². The molecule has 0 unspecified atom stereocenters. The SMILES string of the molecule is COc1cc(-c2cc(C(=O)OCc3ccco3)c3ccccc3n2)cc(OC)c1OC. The molecule has 0 bridgehead atoms. The summed E-state index contributed by atoms with van der Waals surface area (Å²) in [5.74, 6) is 1.57. The lowest BCUT2D eigenvalue weighted by atomic mass is 10.0. The highest BCUT2D eigenvalue weighted by Gasteiger charge is 2.19. The molecule has 2 aromatic heterocycles. The highest BCUT2D eigenvalue weighted by atomic mass is 16.5. The molecule has 0 saturated heterocycles. The van der Waals surface area contributed by atoms with Crippen molar-refractivity contribution in [2.75, 3.05) is 21.3 Å². The van der Waals surface area contributed by atoms with Crippen molar-refractivity contribution in [1.82, 2.24) is 4.98 Å². The van der Waals surface area contributed by atoms with Crippen LogP contribution in [0.4, 0.5) is 0 Å². The largest absolute Gasteiger partial charge is 0.493 e. The number of furan rings is 1. The van der Waals surface area contributed by atoms with Gasteiger partial charge in [0.15, 0.2) is 11.5 Å². The zero-order valence-electron chi connectivity index (χ0n) is 17.4. The lowest BCUT2D eigenvalue weighted by molar-refractivity contribution is 0.0448. The number of carbonyl (C=O) groups excluding carboxylic acids is 1. The molecular weight excluding hydrogens is 398 g/mol. The molecule has 2 heterocycles. The first kappa shape index (κ1) is 20.3. The molecule has 2 aromatic carbocycles. The Morgan fingerprint density at radius 2 is 1.68 bits per heavy atom. The van der Waals surface area contributed by atoms with E-state index in [2.05, 4.69) is 0 Å². The van der Waals surface area contributed by atoms with Crippen LogP contribution in [0.1, 0.15) is 16.1 Å². The van der Waals surface area contributed by atoms with Gasteiger partial charge in [0.2, 0.25) is 5.75 Å². The smallest absolute Gasteiger partial charge is 0.339 e. The van der Waals surface area contributed by atoms with E-state index in [-0.39, 0.29) is 6.61 Å². The maximum Gasteiger partial charge on any atom is 0.339 e. The molecule has 7 heteroatoms. The molecule has 0 N–H and O–H groups in total. The predicted molar refractivity (Wildman–Crippen MR) is 115 cm³/mol. The van der Waals surface area contributed by atoms with E-state index in [0.29, 0.717) is 50.7 Å². The first-order chi connectivity index (χ1) is 15.1. The second kappa shape index (κ2) is 8.79. The molecule has 0 amide bonds. The number of ether oxygens (including phenoxy) is 4. The molecule has 0 aliphatic carbocycles. The minimum atomic E-state index is -0.469. The van der Waals surface area contributed by atoms with Gasteiger partial charge in [-0.2, -0.15) is 0 Å². The summed E-state index contributed by atoms with van der Waals surface area (Å²) in [5, 5.41) is 0.697. The van der Waals surface area contributed by atoms with E-state index in [4.69, 9.17) is 28.3 Å². The van der Waals surface area contributed by atoms with Gasteiger partial charge in [0.1, 0.15) is 12.4 Å². The van der Waals surface area contributed by atoms with E-state index in [1.807, 2.05) is 24.3 Å². The van der Waals surface area contributed by atoms with Gasteiger partial charge in [-0.05, 0) is 36.4 Å². The van der Waals surface area contributed by atoms with Gasteiger partial charge < -0.3 is 23.4 Å². The summed E-state index contributed by atoms with van der Waals surface area (Å²) in [5.41, 5.74) is 2.35. The Kier molecular flexibility index (Phi) is 5.75. The number of hydrogen-bond donors (Lipinski definition) is 0. The number of pyridine rings is 1. The predicted octanol–water partition coefficient (Wildman–Crippen LogP) is 4.88. The third-order valence-electron chi connectivity index (χ3n) is 4.82. The number of methoxy groups -OCH3 is 3. The Hall–Kier alpha value is -4.00. The van der Waals surface area contributed by atoms with Crippen LogP contribution in [-0.4, -0.2) is 32.3 Å². The van der Waals surface area contributed by atoms with Gasteiger partial charge in [0.25, 0.3) is 0 Å². The van der Waals surface area contributed by atoms with Crippen LogP contribution in [0.5, 0.6) is 17.2 Å². The van der Waals surface area contributed by atoms with Crippen LogP contribution in [0.3, 0.4) is 0 Å². The van der Waals surface area contributed by atoms with Crippen molar-refractivity contribution in [2.45, 2.75) is 6.61 Å². The highest BCUT2D eigenvalue weighted by Crippen LogP contribution is 2.41. The zero-order chi connectivity index (χ0) is 21.8. The third kappa shape index (κ3) is 4.02. The van der Waals surface area contributed by atoms with Crippen LogP contribution < -0.4 is 14.2 Å². The number of fused-ring (bicyclic) bond motifs is 1. The fraction of sp³-hybridized carbons (Fsp3) is 0.167. The van der Waals surface area contributed by atoms with Gasteiger partial charge in [-0.1, -0.05) is 18.2 Å². The summed E-state index contributed by atoms with van der Waals surface area (Å²) in [6.45, 7) is 0.0436. The fourth-order valence-electron chi connectivity index (χ4n) is 3.33. The summed E-state index contributed by atoms with van der Waals surface area (Å²) < 4.78 is 27.0. The van der Waals surface area contributed by atoms with Crippen LogP contribution >= 0.6 is 0 Å². The molecule has 0 atom stereocenters. The lowest BCUT2D eigenvalue weighted by Crippen LogP contribution is -2.07. The zero-order valence-corrected chi connectivity index (χ0v) is 17.4. The Morgan fingerprint density at radius 3 is 2.32 bits per heavy atom. The van der Waals surface area contributed by atoms with Crippen molar-refractivity contribution in [3.8, 4) is 28.5 Å². The molecule has 4 rings (SSSR count). The number of hydrogen-bond acceptors (Lipinski definition) is 7. The van der Waals surface area contributed by atoms with Gasteiger partial charge >= 0.3 is 5.97 Å². The van der Waals surface area contributed by atoms with Crippen LogP contribution in [0.25, 0.3) is 22.2 Å². The number of benzene rings is 2. The summed E-state index contributed by atoms with van der Waals surface area (Å²) in [6.07, 6.45) is 1.54. The summed E-state index contributed by atoms with van der Waals surface area (Å²) in [7, 11) is 4.64. The average molecular weight is 419 g/mol. The quantitative estimate of drug-likeness (QED) is 0.395. The van der Waals surface area contributed by atoms with E-state index in [0.717, 1.165) is 0 Å². The van der Waals surface area contributed by atoms with Gasteiger partial charge in [-0.3, -0.25) is 0 Å². The molecule has 4 aromatic rings. The highest BCUT2D eigenvalue weighted by molar-refractivity contribution is 6.04. The molecule has 0 spiro atoms. The normalized spacial score (nSPS) is 10.7. The van der Waals surface area contributed by atoms with E-state index in [1.54, 1.807) is 51.7 Å². The van der Waals surface area contributed by atoms with Crippen LogP contribution in [0.2, 0.25) is 0 Å². The maximum atomic E-state index is 12.9. The lowest BCUT2D eigenvalue weighted by Gasteiger charge is -2.15. The van der Waals surface area contributed by atoms with Crippen LogP contribution in [0, 0.1) is 0 Å². The maximum absolute atomic E-state index is 12.9.